The van der Waals surface area contributed by atoms with Gasteiger partial charge in [0, 0.05) is 19.0 Å². The van der Waals surface area contributed by atoms with E-state index in [1.54, 1.807) is 4.90 Å². The molecule has 0 aliphatic heterocycles. The Labute approximate surface area is 114 Å². The zero-order valence-electron chi connectivity index (χ0n) is 12.1. The molecule has 1 aromatic rings. The van der Waals surface area contributed by atoms with Gasteiger partial charge >= 0.3 is 11.6 Å². The van der Waals surface area contributed by atoms with Crippen molar-refractivity contribution in [3.63, 3.8) is 0 Å². The highest BCUT2D eigenvalue weighted by Crippen LogP contribution is 2.15. The molecule has 102 valence electrons. The van der Waals surface area contributed by atoms with Gasteiger partial charge in [-0.25, -0.2) is 0 Å². The Morgan fingerprint density at radius 3 is 2.32 bits per heavy atom. The molecule has 0 aromatic heterocycles. The minimum absolute atomic E-state index is 0.114. The Morgan fingerprint density at radius 2 is 1.84 bits per heavy atom. The lowest BCUT2D eigenvalue weighted by molar-refractivity contribution is -0.133. The van der Waals surface area contributed by atoms with Crippen LogP contribution in [0.3, 0.4) is 0 Å². The Hall–Kier alpha value is -1.93. The quantitative estimate of drug-likeness (QED) is 0.465. The summed E-state index contributed by atoms with van der Waals surface area (Å²) in [6.45, 7) is 8.03. The summed E-state index contributed by atoms with van der Waals surface area (Å²) in [4.78, 5) is 16.9. The third-order valence-electron chi connectivity index (χ3n) is 2.98. The summed E-state index contributed by atoms with van der Waals surface area (Å²) in [6.07, 6.45) is 0.780. The van der Waals surface area contributed by atoms with Gasteiger partial charge in [0.2, 0.25) is 0 Å². The van der Waals surface area contributed by atoms with Crippen molar-refractivity contribution < 1.29 is 9.58 Å². The molecule has 0 N–H and O–H groups in total. The van der Waals surface area contributed by atoms with Gasteiger partial charge in [-0.15, -0.1) is 0 Å². The molecule has 4 nitrogen and oxygen atoms in total. The first-order valence-corrected chi connectivity index (χ1v) is 6.41. The number of rotatable bonds is 4. The highest BCUT2D eigenvalue weighted by atomic mass is 16.2. The molecule has 1 amide bonds. The molecular weight excluding hydrogens is 238 g/mol. The fourth-order valence-electron chi connectivity index (χ4n) is 1.87. The second kappa shape index (κ2) is 6.30. The van der Waals surface area contributed by atoms with Gasteiger partial charge in [0.15, 0.2) is 0 Å². The van der Waals surface area contributed by atoms with Crippen molar-refractivity contribution in [1.82, 2.24) is 4.90 Å². The van der Waals surface area contributed by atoms with E-state index in [2.05, 4.69) is 4.79 Å². The van der Waals surface area contributed by atoms with Crippen LogP contribution in [0.1, 0.15) is 33.3 Å². The van der Waals surface area contributed by atoms with Gasteiger partial charge in [-0.1, -0.05) is 30.3 Å². The van der Waals surface area contributed by atoms with Crippen molar-refractivity contribution in [2.24, 2.45) is 0 Å². The zero-order chi connectivity index (χ0) is 14.5. The molecule has 0 aliphatic carbocycles. The van der Waals surface area contributed by atoms with E-state index in [9.17, 15) is 4.79 Å². The van der Waals surface area contributed by atoms with Crippen molar-refractivity contribution in [3.05, 3.63) is 41.4 Å². The van der Waals surface area contributed by atoms with Gasteiger partial charge in [0.1, 0.15) is 0 Å². The van der Waals surface area contributed by atoms with Crippen LogP contribution < -0.4 is 0 Å². The molecule has 0 fully saturated rings. The third-order valence-corrected chi connectivity index (χ3v) is 2.98. The fourth-order valence-corrected chi connectivity index (χ4v) is 1.87. The van der Waals surface area contributed by atoms with Crippen molar-refractivity contribution in [1.29, 1.82) is 0 Å². The van der Waals surface area contributed by atoms with E-state index in [0.717, 1.165) is 6.42 Å². The van der Waals surface area contributed by atoms with E-state index < -0.39 is 0 Å². The Kier molecular flexibility index (Phi) is 5.02. The van der Waals surface area contributed by atoms with E-state index >= 15 is 0 Å². The van der Waals surface area contributed by atoms with Gasteiger partial charge in [0.25, 0.3) is 0 Å². The van der Waals surface area contributed by atoms with E-state index in [1.807, 2.05) is 51.1 Å². The van der Waals surface area contributed by atoms with E-state index in [1.165, 1.54) is 12.5 Å². The second-order valence-electron chi connectivity index (χ2n) is 5.55. The minimum atomic E-state index is -0.308. The van der Waals surface area contributed by atoms with Crippen molar-refractivity contribution in [2.45, 2.75) is 39.7 Å². The molecule has 4 heteroatoms. The normalized spacial score (nSPS) is 10.7. The molecule has 0 unspecified atom stereocenters. The van der Waals surface area contributed by atoms with Crippen molar-refractivity contribution in [3.8, 4) is 0 Å². The molecule has 0 spiro atoms. The average molecular weight is 259 g/mol. The van der Waals surface area contributed by atoms with E-state index in [-0.39, 0.29) is 17.2 Å². The molecule has 0 aliphatic rings. The maximum atomic E-state index is 12.2. The van der Waals surface area contributed by atoms with Crippen LogP contribution in [0.4, 0.5) is 0 Å². The largest absolute Gasteiger partial charge is 0.361 e. The molecule has 1 aromatic carbocycles. The van der Waals surface area contributed by atoms with Gasteiger partial charge in [-0.3, -0.25) is 4.79 Å². The molecular formula is C15H21N3O. The van der Waals surface area contributed by atoms with Crippen LogP contribution in [0, 0.1) is 0 Å². The number of hydrogen-bond donors (Lipinski definition) is 0. The lowest BCUT2D eigenvalue weighted by Crippen LogP contribution is -2.49. The topological polar surface area (TPSA) is 56.7 Å². The van der Waals surface area contributed by atoms with Crippen LogP contribution >= 0.6 is 0 Å². The molecule has 0 atom stereocenters. The Balaban J connectivity index is 2.83. The van der Waals surface area contributed by atoms with Gasteiger partial charge in [0.05, 0.1) is 0 Å². The Bertz CT molecular complexity index is 482. The summed E-state index contributed by atoms with van der Waals surface area (Å²) < 4.78 is 0. The number of nitrogens with zero attached hydrogens (tertiary/aromatic N) is 3. The molecule has 19 heavy (non-hydrogen) atoms. The van der Waals surface area contributed by atoms with Crippen LogP contribution in [0.2, 0.25) is 0 Å². The van der Waals surface area contributed by atoms with Gasteiger partial charge in [-0.05, 0) is 32.8 Å². The van der Waals surface area contributed by atoms with Crippen LogP contribution in [0.15, 0.2) is 30.3 Å². The summed E-state index contributed by atoms with van der Waals surface area (Å²) in [5.74, 6) is -0.231. The highest BCUT2D eigenvalue weighted by molar-refractivity contribution is 6.35. The smallest absolute Gasteiger partial charge is 0.353 e. The summed E-state index contributed by atoms with van der Waals surface area (Å²) in [5.41, 5.74) is 9.74. The third kappa shape index (κ3) is 4.34. The number of carbonyl (C=O) groups is 1. The van der Waals surface area contributed by atoms with Gasteiger partial charge in [-0.2, -0.15) is 4.79 Å². The predicted octanol–water partition coefficient (Wildman–Crippen LogP) is 2.55. The van der Waals surface area contributed by atoms with Crippen LogP contribution in [-0.4, -0.2) is 33.4 Å². The molecule has 0 bridgehead atoms. The van der Waals surface area contributed by atoms with Crippen LogP contribution in [0.25, 0.3) is 5.53 Å². The van der Waals surface area contributed by atoms with Crippen molar-refractivity contribution in [2.75, 3.05) is 6.54 Å². The summed E-state index contributed by atoms with van der Waals surface area (Å²) in [7, 11) is 0. The molecule has 0 saturated heterocycles. The monoisotopic (exact) mass is 259 g/mol. The first-order chi connectivity index (χ1) is 8.86. The van der Waals surface area contributed by atoms with E-state index in [4.69, 9.17) is 5.53 Å². The molecule has 0 radical (unpaired) electrons. The SMILES string of the molecule is CC(=[N+]=[N-])C(=O)N(CCc1ccccc1)C(C)(C)C. The predicted molar refractivity (Wildman–Crippen MR) is 75.9 cm³/mol. The molecule has 1 rings (SSSR count). The highest BCUT2D eigenvalue weighted by Gasteiger charge is 2.30. The van der Waals surface area contributed by atoms with Crippen LogP contribution in [0.5, 0.6) is 0 Å². The zero-order valence-corrected chi connectivity index (χ0v) is 12.1. The van der Waals surface area contributed by atoms with Gasteiger partial charge < -0.3 is 10.4 Å². The summed E-state index contributed by atoms with van der Waals surface area (Å²) in [5, 5.41) is 0. The number of carbonyl (C=O) groups excluding carboxylic acids is 1. The lowest BCUT2D eigenvalue weighted by atomic mass is 10.0. The molecule has 0 saturated carbocycles. The minimum Gasteiger partial charge on any atom is -0.361 e. The average Bonchev–Trinajstić information content (AvgIpc) is 2.37. The first-order valence-electron chi connectivity index (χ1n) is 6.41. The first kappa shape index (κ1) is 15.1. The number of benzene rings is 1. The van der Waals surface area contributed by atoms with Crippen molar-refractivity contribution >= 4 is 11.6 Å². The maximum Gasteiger partial charge on any atom is 0.353 e. The van der Waals surface area contributed by atoms with E-state index in [0.29, 0.717) is 6.54 Å². The molecule has 0 heterocycles. The van der Waals surface area contributed by atoms with Crippen LogP contribution in [-0.2, 0) is 11.2 Å². The lowest BCUT2D eigenvalue weighted by Gasteiger charge is -2.34. The standard InChI is InChI=1S/C15H21N3O/c1-12(17-16)14(19)18(15(2,3)4)11-10-13-8-6-5-7-9-13/h5-9H,10-11H2,1-4H3. The Morgan fingerprint density at radius 1 is 1.26 bits per heavy atom. The second-order valence-corrected chi connectivity index (χ2v) is 5.55. The maximum absolute atomic E-state index is 12.2. The summed E-state index contributed by atoms with van der Waals surface area (Å²) >= 11 is 0. The fraction of sp³-hybridized carbons (Fsp3) is 0.467. The summed E-state index contributed by atoms with van der Waals surface area (Å²) in [6, 6.07) is 10.0. The number of amides is 1. The number of hydrogen-bond acceptors (Lipinski definition) is 1.